The quantitative estimate of drug-likeness (QED) is 0.540. The molecule has 3 aromatic rings. The van der Waals surface area contributed by atoms with Gasteiger partial charge in [0.05, 0.1) is 42.2 Å². The predicted molar refractivity (Wildman–Crippen MR) is 115 cm³/mol. The Hall–Kier alpha value is -2.53. The lowest BCUT2D eigenvalue weighted by atomic mass is 10.1. The zero-order valence-corrected chi connectivity index (χ0v) is 18.4. The lowest BCUT2D eigenvalue weighted by molar-refractivity contribution is -0.0136. The SMILES string of the molecule is CC(C)(O)c1nc2c(F)cc(-c3nc(N[C@@H]4CCOC[C@H]4O)ncc3Cl)c3c2n1CCO3. The van der Waals surface area contributed by atoms with Crippen LogP contribution in [0.2, 0.25) is 5.02 Å². The van der Waals surface area contributed by atoms with E-state index in [4.69, 9.17) is 21.1 Å². The van der Waals surface area contributed by atoms with Crippen molar-refractivity contribution in [3.63, 3.8) is 0 Å². The van der Waals surface area contributed by atoms with Gasteiger partial charge < -0.3 is 29.6 Å². The van der Waals surface area contributed by atoms with Crippen LogP contribution in [-0.2, 0) is 16.9 Å². The molecule has 170 valence electrons. The lowest BCUT2D eigenvalue weighted by Crippen LogP contribution is -2.42. The molecule has 1 saturated heterocycles. The minimum absolute atomic E-state index is 0.120. The molecule has 1 aromatic carbocycles. The molecular weight excluding hydrogens is 441 g/mol. The summed E-state index contributed by atoms with van der Waals surface area (Å²) in [6.07, 6.45) is 1.32. The molecule has 32 heavy (non-hydrogen) atoms. The van der Waals surface area contributed by atoms with Gasteiger partial charge in [-0.1, -0.05) is 11.6 Å². The van der Waals surface area contributed by atoms with Gasteiger partial charge in [0.25, 0.3) is 0 Å². The van der Waals surface area contributed by atoms with Crippen LogP contribution >= 0.6 is 11.6 Å². The number of anilines is 1. The molecule has 0 bridgehead atoms. The summed E-state index contributed by atoms with van der Waals surface area (Å²) in [5.41, 5.74) is -0.0297. The zero-order chi connectivity index (χ0) is 22.6. The number of imidazole rings is 1. The molecule has 0 saturated carbocycles. The fraction of sp³-hybridized carbons (Fsp3) is 0.476. The standard InChI is InChI=1S/C21H23ClFN5O4/c1-21(2,30)19-26-16-12(23)7-10(18-17(16)28(19)4-6-32-18)15-11(22)8-24-20(27-15)25-13-3-5-31-9-14(13)29/h7-8,13-14,29-30H,3-6,9H2,1-2H3,(H,24,25,27)/t13-,14-/m1/s1. The van der Waals surface area contributed by atoms with Gasteiger partial charge in [-0.05, 0) is 26.3 Å². The first-order valence-electron chi connectivity index (χ1n) is 10.4. The van der Waals surface area contributed by atoms with Gasteiger partial charge >= 0.3 is 0 Å². The fourth-order valence-corrected chi connectivity index (χ4v) is 4.36. The van der Waals surface area contributed by atoms with Gasteiger partial charge in [0.15, 0.2) is 11.6 Å². The number of rotatable bonds is 4. The van der Waals surface area contributed by atoms with Gasteiger partial charge in [-0.2, -0.15) is 0 Å². The van der Waals surface area contributed by atoms with E-state index in [-0.39, 0.29) is 29.1 Å². The maximum absolute atomic E-state index is 15.1. The molecule has 2 atom stereocenters. The maximum Gasteiger partial charge on any atom is 0.223 e. The number of aliphatic hydroxyl groups excluding tert-OH is 1. The molecule has 4 heterocycles. The average molecular weight is 464 g/mol. The van der Waals surface area contributed by atoms with Crippen molar-refractivity contribution < 1.29 is 24.1 Å². The predicted octanol–water partition coefficient (Wildman–Crippen LogP) is 2.47. The maximum atomic E-state index is 15.1. The minimum atomic E-state index is -1.26. The summed E-state index contributed by atoms with van der Waals surface area (Å²) >= 11 is 6.41. The van der Waals surface area contributed by atoms with Gasteiger partial charge in [0.1, 0.15) is 29.1 Å². The molecular formula is C21H23ClFN5O4. The molecule has 11 heteroatoms. The summed E-state index contributed by atoms with van der Waals surface area (Å²) in [6, 6.07) is 1.01. The highest BCUT2D eigenvalue weighted by molar-refractivity contribution is 6.33. The first-order valence-corrected chi connectivity index (χ1v) is 10.8. The Morgan fingerprint density at radius 1 is 1.31 bits per heavy atom. The van der Waals surface area contributed by atoms with Gasteiger partial charge in [-0.15, -0.1) is 0 Å². The highest BCUT2D eigenvalue weighted by Gasteiger charge is 2.32. The van der Waals surface area contributed by atoms with Crippen LogP contribution in [0, 0.1) is 5.82 Å². The third-order valence-corrected chi connectivity index (χ3v) is 5.95. The number of ether oxygens (including phenoxy) is 2. The Bertz CT molecular complexity index is 1200. The normalized spacial score (nSPS) is 20.9. The topological polar surface area (TPSA) is 115 Å². The van der Waals surface area contributed by atoms with E-state index in [0.29, 0.717) is 54.5 Å². The number of nitrogens with one attached hydrogen (secondary N) is 1. The monoisotopic (exact) mass is 463 g/mol. The first kappa shape index (κ1) is 21.3. The molecule has 5 rings (SSSR count). The second-order valence-electron chi connectivity index (χ2n) is 8.50. The molecule has 9 nitrogen and oxygen atoms in total. The number of benzene rings is 1. The van der Waals surface area contributed by atoms with Crippen molar-refractivity contribution >= 4 is 28.6 Å². The van der Waals surface area contributed by atoms with Crippen LogP contribution in [0.4, 0.5) is 10.3 Å². The van der Waals surface area contributed by atoms with Crippen LogP contribution in [0.5, 0.6) is 5.75 Å². The molecule has 2 aliphatic heterocycles. The van der Waals surface area contributed by atoms with E-state index in [1.54, 1.807) is 18.4 Å². The number of aromatic nitrogens is 4. The van der Waals surface area contributed by atoms with Gasteiger partial charge in [0, 0.05) is 12.2 Å². The minimum Gasteiger partial charge on any atom is -0.489 e. The van der Waals surface area contributed by atoms with Crippen LogP contribution in [0.3, 0.4) is 0 Å². The average Bonchev–Trinajstić information content (AvgIpc) is 3.16. The summed E-state index contributed by atoms with van der Waals surface area (Å²) in [6.45, 7) is 4.71. The van der Waals surface area contributed by atoms with Crippen molar-refractivity contribution in [2.75, 3.05) is 25.1 Å². The fourth-order valence-electron chi connectivity index (χ4n) is 4.17. The van der Waals surface area contributed by atoms with Crippen LogP contribution in [-0.4, -0.2) is 61.7 Å². The molecule has 0 unspecified atom stereocenters. The summed E-state index contributed by atoms with van der Waals surface area (Å²) < 4.78 is 28.1. The number of aliphatic hydroxyl groups is 2. The van der Waals surface area contributed by atoms with Crippen molar-refractivity contribution in [3.8, 4) is 17.0 Å². The summed E-state index contributed by atoms with van der Waals surface area (Å²) in [5.74, 6) is 0.438. The second kappa shape index (κ2) is 7.80. The van der Waals surface area contributed by atoms with E-state index in [1.165, 1.54) is 12.3 Å². The molecule has 0 spiro atoms. The lowest BCUT2D eigenvalue weighted by Gasteiger charge is -2.28. The van der Waals surface area contributed by atoms with Crippen molar-refractivity contribution in [2.45, 2.75) is 44.6 Å². The Labute approximate surface area is 188 Å². The molecule has 0 aliphatic carbocycles. The molecule has 0 radical (unpaired) electrons. The van der Waals surface area contributed by atoms with Gasteiger partial charge in [-0.25, -0.2) is 19.3 Å². The van der Waals surface area contributed by atoms with Crippen molar-refractivity contribution in [3.05, 3.63) is 28.9 Å². The Balaban J connectivity index is 1.63. The molecule has 0 amide bonds. The largest absolute Gasteiger partial charge is 0.489 e. The smallest absolute Gasteiger partial charge is 0.223 e. The van der Waals surface area contributed by atoms with E-state index in [0.717, 1.165) is 0 Å². The molecule has 2 aliphatic rings. The second-order valence-corrected chi connectivity index (χ2v) is 8.91. The van der Waals surface area contributed by atoms with Crippen LogP contribution in [0.25, 0.3) is 22.3 Å². The van der Waals surface area contributed by atoms with Crippen LogP contribution in [0.15, 0.2) is 12.3 Å². The number of halogens is 2. The summed E-state index contributed by atoms with van der Waals surface area (Å²) in [7, 11) is 0. The third kappa shape index (κ3) is 3.57. The highest BCUT2D eigenvalue weighted by Crippen LogP contribution is 2.43. The Morgan fingerprint density at radius 3 is 2.88 bits per heavy atom. The summed E-state index contributed by atoms with van der Waals surface area (Å²) in [4.78, 5) is 13.1. The van der Waals surface area contributed by atoms with E-state index in [1.807, 2.05) is 0 Å². The zero-order valence-electron chi connectivity index (χ0n) is 17.6. The van der Waals surface area contributed by atoms with E-state index in [9.17, 15) is 10.2 Å². The highest BCUT2D eigenvalue weighted by atomic mass is 35.5. The van der Waals surface area contributed by atoms with Crippen molar-refractivity contribution in [1.29, 1.82) is 0 Å². The summed E-state index contributed by atoms with van der Waals surface area (Å²) in [5, 5.41) is 24.0. The van der Waals surface area contributed by atoms with Crippen molar-refractivity contribution in [1.82, 2.24) is 19.5 Å². The van der Waals surface area contributed by atoms with Gasteiger partial charge in [0.2, 0.25) is 5.95 Å². The number of hydrogen-bond acceptors (Lipinski definition) is 8. The van der Waals surface area contributed by atoms with Gasteiger partial charge in [-0.3, -0.25) is 0 Å². The number of nitrogens with zero attached hydrogens (tertiary/aromatic N) is 4. The molecule has 2 aromatic heterocycles. The van der Waals surface area contributed by atoms with E-state index >= 15 is 4.39 Å². The third-order valence-electron chi connectivity index (χ3n) is 5.67. The van der Waals surface area contributed by atoms with E-state index in [2.05, 4.69) is 20.3 Å². The molecule has 3 N–H and O–H groups in total. The Morgan fingerprint density at radius 2 is 2.12 bits per heavy atom. The Kier molecular flexibility index (Phi) is 5.20. The first-order chi connectivity index (χ1) is 15.2. The van der Waals surface area contributed by atoms with E-state index < -0.39 is 17.5 Å². The van der Waals surface area contributed by atoms with Crippen molar-refractivity contribution in [2.24, 2.45) is 0 Å². The number of hydrogen-bond donors (Lipinski definition) is 3. The van der Waals surface area contributed by atoms with Crippen LogP contribution < -0.4 is 10.1 Å². The molecule has 1 fully saturated rings. The van der Waals surface area contributed by atoms with Crippen LogP contribution in [0.1, 0.15) is 26.1 Å².